The average molecular weight is 433 g/mol. The molecular formula is C24H20N2O2S2. The number of carbonyl (C=O) groups excluding carboxylic acids is 2. The summed E-state index contributed by atoms with van der Waals surface area (Å²) in [5.41, 5.74) is 4.97. The third kappa shape index (κ3) is 4.72. The summed E-state index contributed by atoms with van der Waals surface area (Å²) >= 11 is 3.02. The highest BCUT2D eigenvalue weighted by Crippen LogP contribution is 2.31. The van der Waals surface area contributed by atoms with E-state index in [4.69, 9.17) is 4.98 Å². The van der Waals surface area contributed by atoms with Crippen molar-refractivity contribution in [2.45, 2.75) is 19.8 Å². The van der Waals surface area contributed by atoms with Crippen molar-refractivity contribution in [3.63, 3.8) is 0 Å². The number of aromatic nitrogens is 1. The summed E-state index contributed by atoms with van der Waals surface area (Å²) in [6.07, 6.45) is 0.384. The molecule has 2 heterocycles. The van der Waals surface area contributed by atoms with Gasteiger partial charge < -0.3 is 5.32 Å². The standard InChI is InChI=1S/C24H20N2O2S2/c1-16-5-2-3-6-19(16)24-26-20(15-30-24)17-8-10-18(11-9-17)25-23(28)13-12-21(27)22-7-4-14-29-22/h2-11,14-15H,12-13H2,1H3,(H,25,28). The molecule has 4 nitrogen and oxygen atoms in total. The number of amides is 1. The largest absolute Gasteiger partial charge is 0.326 e. The van der Waals surface area contributed by atoms with Crippen LogP contribution < -0.4 is 5.32 Å². The maximum atomic E-state index is 12.2. The number of nitrogens with zero attached hydrogens (tertiary/aromatic N) is 1. The van der Waals surface area contributed by atoms with Crippen molar-refractivity contribution in [3.8, 4) is 21.8 Å². The van der Waals surface area contributed by atoms with Gasteiger partial charge in [0.15, 0.2) is 5.78 Å². The van der Waals surface area contributed by atoms with Crippen LogP contribution in [0, 0.1) is 6.92 Å². The number of thiophene rings is 1. The Hall–Kier alpha value is -3.09. The van der Waals surface area contributed by atoms with Gasteiger partial charge >= 0.3 is 0 Å². The molecule has 2 aromatic carbocycles. The van der Waals surface area contributed by atoms with E-state index in [0.717, 1.165) is 21.8 Å². The van der Waals surface area contributed by atoms with Crippen molar-refractivity contribution >= 4 is 40.1 Å². The number of ketones is 1. The highest BCUT2D eigenvalue weighted by Gasteiger charge is 2.11. The van der Waals surface area contributed by atoms with Gasteiger partial charge in [-0.1, -0.05) is 42.5 Å². The number of rotatable bonds is 7. The van der Waals surface area contributed by atoms with E-state index in [2.05, 4.69) is 24.4 Å². The van der Waals surface area contributed by atoms with E-state index in [1.165, 1.54) is 16.9 Å². The zero-order valence-electron chi connectivity index (χ0n) is 16.4. The van der Waals surface area contributed by atoms with E-state index in [0.29, 0.717) is 10.6 Å². The molecule has 4 aromatic rings. The van der Waals surface area contributed by atoms with E-state index in [9.17, 15) is 9.59 Å². The second kappa shape index (κ2) is 9.15. The molecule has 0 aliphatic rings. The fourth-order valence-electron chi connectivity index (χ4n) is 3.08. The number of hydrogen-bond donors (Lipinski definition) is 1. The number of hydrogen-bond acceptors (Lipinski definition) is 5. The van der Waals surface area contributed by atoms with Gasteiger partial charge in [0.25, 0.3) is 0 Å². The minimum Gasteiger partial charge on any atom is -0.326 e. The lowest BCUT2D eigenvalue weighted by Crippen LogP contribution is -2.13. The van der Waals surface area contributed by atoms with Gasteiger partial charge in [-0.2, -0.15) is 0 Å². The first kappa shape index (κ1) is 20.2. The van der Waals surface area contributed by atoms with Gasteiger partial charge in [-0.3, -0.25) is 9.59 Å². The Bertz CT molecular complexity index is 1160. The molecule has 1 N–H and O–H groups in total. The van der Waals surface area contributed by atoms with Gasteiger partial charge in [0.1, 0.15) is 5.01 Å². The first-order chi connectivity index (χ1) is 14.6. The van der Waals surface area contributed by atoms with Crippen LogP contribution in [-0.4, -0.2) is 16.7 Å². The molecule has 0 unspecified atom stereocenters. The highest BCUT2D eigenvalue weighted by atomic mass is 32.1. The Labute approximate surface area is 183 Å². The molecule has 0 fully saturated rings. The van der Waals surface area contributed by atoms with Gasteiger partial charge in [0.2, 0.25) is 5.91 Å². The van der Waals surface area contributed by atoms with Crippen LogP contribution in [-0.2, 0) is 4.79 Å². The van der Waals surface area contributed by atoms with Gasteiger partial charge in [0.05, 0.1) is 10.6 Å². The highest BCUT2D eigenvalue weighted by molar-refractivity contribution is 7.13. The lowest BCUT2D eigenvalue weighted by Gasteiger charge is -2.06. The molecule has 6 heteroatoms. The molecule has 0 radical (unpaired) electrons. The summed E-state index contributed by atoms with van der Waals surface area (Å²) in [5, 5.41) is 7.76. The minimum absolute atomic E-state index is 0.00323. The van der Waals surface area contributed by atoms with Crippen LogP contribution in [0.4, 0.5) is 5.69 Å². The van der Waals surface area contributed by atoms with Gasteiger partial charge in [0, 0.05) is 35.0 Å². The van der Waals surface area contributed by atoms with Crippen LogP contribution in [0.1, 0.15) is 28.1 Å². The van der Waals surface area contributed by atoms with Gasteiger partial charge in [-0.25, -0.2) is 4.98 Å². The average Bonchev–Trinajstić information content (AvgIpc) is 3.45. The maximum absolute atomic E-state index is 12.2. The normalized spacial score (nSPS) is 10.7. The summed E-state index contributed by atoms with van der Waals surface area (Å²) in [6, 6.07) is 19.5. The van der Waals surface area contributed by atoms with E-state index in [-0.39, 0.29) is 24.5 Å². The molecule has 2 aromatic heterocycles. The summed E-state index contributed by atoms with van der Waals surface area (Å²) in [5.74, 6) is -0.161. The fourth-order valence-corrected chi connectivity index (χ4v) is 4.69. The van der Waals surface area contributed by atoms with E-state index >= 15 is 0 Å². The van der Waals surface area contributed by atoms with Crippen molar-refractivity contribution in [2.24, 2.45) is 0 Å². The fraction of sp³-hybridized carbons (Fsp3) is 0.125. The number of nitrogens with one attached hydrogen (secondary N) is 1. The SMILES string of the molecule is Cc1ccccc1-c1nc(-c2ccc(NC(=O)CCC(=O)c3cccs3)cc2)cs1. The van der Waals surface area contributed by atoms with Crippen LogP contribution in [0.3, 0.4) is 0 Å². The Morgan fingerprint density at radius 2 is 1.73 bits per heavy atom. The van der Waals surface area contributed by atoms with Crippen LogP contribution in [0.5, 0.6) is 0 Å². The molecule has 0 saturated heterocycles. The molecule has 0 aliphatic carbocycles. The van der Waals surface area contributed by atoms with Crippen LogP contribution in [0.25, 0.3) is 21.8 Å². The Balaban J connectivity index is 1.37. The third-order valence-corrected chi connectivity index (χ3v) is 6.51. The molecule has 1 amide bonds. The van der Waals surface area contributed by atoms with E-state index in [1.807, 2.05) is 53.2 Å². The lowest BCUT2D eigenvalue weighted by atomic mass is 10.1. The topological polar surface area (TPSA) is 59.1 Å². The molecule has 0 atom stereocenters. The first-order valence-corrected chi connectivity index (χ1v) is 11.3. The van der Waals surface area contributed by atoms with Crippen molar-refractivity contribution in [2.75, 3.05) is 5.32 Å². The quantitative estimate of drug-likeness (QED) is 0.341. The molecule has 150 valence electrons. The van der Waals surface area contributed by atoms with Crippen LogP contribution in [0.15, 0.2) is 71.4 Å². The smallest absolute Gasteiger partial charge is 0.224 e. The third-order valence-electron chi connectivity index (χ3n) is 4.72. The zero-order valence-corrected chi connectivity index (χ0v) is 18.1. The van der Waals surface area contributed by atoms with E-state index in [1.54, 1.807) is 17.4 Å². The lowest BCUT2D eigenvalue weighted by molar-refractivity contribution is -0.116. The Morgan fingerprint density at radius 3 is 2.47 bits per heavy atom. The molecule has 0 spiro atoms. The van der Waals surface area contributed by atoms with Crippen molar-refractivity contribution < 1.29 is 9.59 Å². The first-order valence-electron chi connectivity index (χ1n) is 9.58. The van der Waals surface area contributed by atoms with Crippen molar-refractivity contribution in [1.82, 2.24) is 4.98 Å². The number of thiazole rings is 1. The number of anilines is 1. The maximum Gasteiger partial charge on any atom is 0.224 e. The number of aryl methyl sites for hydroxylation is 1. The predicted molar refractivity (Wildman–Crippen MR) is 124 cm³/mol. The second-order valence-corrected chi connectivity index (χ2v) is 8.68. The predicted octanol–water partition coefficient (Wildman–Crippen LogP) is 6.45. The number of carbonyl (C=O) groups is 2. The number of Topliss-reactive ketones (excluding diaryl/α,β-unsaturated/α-hetero) is 1. The van der Waals surface area contributed by atoms with Gasteiger partial charge in [-0.15, -0.1) is 22.7 Å². The summed E-state index contributed by atoms with van der Waals surface area (Å²) in [4.78, 5) is 29.6. The van der Waals surface area contributed by atoms with E-state index < -0.39 is 0 Å². The monoisotopic (exact) mass is 432 g/mol. The summed E-state index contributed by atoms with van der Waals surface area (Å²) in [7, 11) is 0. The van der Waals surface area contributed by atoms with Crippen molar-refractivity contribution in [3.05, 3.63) is 81.9 Å². The summed E-state index contributed by atoms with van der Waals surface area (Å²) in [6.45, 7) is 2.09. The Morgan fingerprint density at radius 1 is 0.933 bits per heavy atom. The molecule has 0 aliphatic heterocycles. The Kier molecular flexibility index (Phi) is 6.16. The van der Waals surface area contributed by atoms with Crippen molar-refractivity contribution in [1.29, 1.82) is 0 Å². The van der Waals surface area contributed by atoms with Crippen LogP contribution >= 0.6 is 22.7 Å². The molecule has 0 bridgehead atoms. The minimum atomic E-state index is -0.164. The summed E-state index contributed by atoms with van der Waals surface area (Å²) < 4.78 is 0. The molecule has 30 heavy (non-hydrogen) atoms. The molecular weight excluding hydrogens is 412 g/mol. The van der Waals surface area contributed by atoms with Crippen LogP contribution in [0.2, 0.25) is 0 Å². The zero-order chi connectivity index (χ0) is 20.9. The number of benzene rings is 2. The molecule has 4 rings (SSSR count). The second-order valence-electron chi connectivity index (χ2n) is 6.88. The molecule has 0 saturated carbocycles. The van der Waals surface area contributed by atoms with Gasteiger partial charge in [-0.05, 0) is 36.1 Å².